The number of benzene rings is 1. The highest BCUT2D eigenvalue weighted by atomic mass is 16.6. The molecule has 124 valence electrons. The standard InChI is InChI=1S/C17H22N2O4/c20-16(18-8-10-22-11-9-18)15-6-7-19(12-15)17(21)23-13-14-4-2-1-3-5-14/h1-5,15H,6-13H2. The smallest absolute Gasteiger partial charge is 0.410 e. The van der Waals surface area contributed by atoms with Crippen molar-refractivity contribution >= 4 is 12.0 Å². The molecule has 2 fully saturated rings. The lowest BCUT2D eigenvalue weighted by atomic mass is 10.1. The molecule has 0 spiro atoms. The topological polar surface area (TPSA) is 59.1 Å². The summed E-state index contributed by atoms with van der Waals surface area (Å²) in [7, 11) is 0. The van der Waals surface area contributed by atoms with Crippen molar-refractivity contribution < 1.29 is 19.1 Å². The Morgan fingerprint density at radius 3 is 2.57 bits per heavy atom. The fourth-order valence-electron chi connectivity index (χ4n) is 2.98. The quantitative estimate of drug-likeness (QED) is 0.847. The fraction of sp³-hybridized carbons (Fsp3) is 0.529. The second-order valence-corrected chi connectivity index (χ2v) is 5.91. The van der Waals surface area contributed by atoms with Crippen molar-refractivity contribution in [1.82, 2.24) is 9.80 Å². The van der Waals surface area contributed by atoms with E-state index >= 15 is 0 Å². The van der Waals surface area contributed by atoms with E-state index in [-0.39, 0.29) is 24.5 Å². The summed E-state index contributed by atoms with van der Waals surface area (Å²) in [5.74, 6) is 0.0176. The van der Waals surface area contributed by atoms with E-state index in [1.165, 1.54) is 0 Å². The van der Waals surface area contributed by atoms with Crippen LogP contribution in [0.4, 0.5) is 4.79 Å². The summed E-state index contributed by atoms with van der Waals surface area (Å²) in [6.07, 6.45) is 0.363. The summed E-state index contributed by atoms with van der Waals surface area (Å²) in [6.45, 7) is 3.78. The first-order valence-electron chi connectivity index (χ1n) is 8.06. The van der Waals surface area contributed by atoms with Gasteiger partial charge in [0.05, 0.1) is 19.1 Å². The molecule has 0 N–H and O–H groups in total. The molecule has 0 aromatic heterocycles. The molecule has 2 aliphatic rings. The maximum atomic E-state index is 12.4. The molecule has 2 aliphatic heterocycles. The van der Waals surface area contributed by atoms with Gasteiger partial charge in [0.2, 0.25) is 5.91 Å². The minimum atomic E-state index is -0.342. The highest BCUT2D eigenvalue weighted by Gasteiger charge is 2.34. The predicted molar refractivity (Wildman–Crippen MR) is 83.7 cm³/mol. The van der Waals surface area contributed by atoms with E-state index < -0.39 is 0 Å². The van der Waals surface area contributed by atoms with Gasteiger partial charge in [-0.25, -0.2) is 4.79 Å². The van der Waals surface area contributed by atoms with Crippen molar-refractivity contribution in [2.24, 2.45) is 5.92 Å². The van der Waals surface area contributed by atoms with Crippen LogP contribution in [0.5, 0.6) is 0 Å². The van der Waals surface area contributed by atoms with Gasteiger partial charge in [0.15, 0.2) is 0 Å². The molecular weight excluding hydrogens is 296 g/mol. The van der Waals surface area contributed by atoms with Gasteiger partial charge in [0.1, 0.15) is 6.61 Å². The van der Waals surface area contributed by atoms with Crippen LogP contribution in [0.3, 0.4) is 0 Å². The van der Waals surface area contributed by atoms with Gasteiger partial charge in [0.25, 0.3) is 0 Å². The zero-order valence-electron chi connectivity index (χ0n) is 13.1. The number of carbonyl (C=O) groups excluding carboxylic acids is 2. The van der Waals surface area contributed by atoms with E-state index in [9.17, 15) is 9.59 Å². The lowest BCUT2D eigenvalue weighted by Gasteiger charge is -2.29. The van der Waals surface area contributed by atoms with Crippen LogP contribution in [0.25, 0.3) is 0 Å². The molecule has 2 amide bonds. The van der Waals surface area contributed by atoms with Crippen LogP contribution in [-0.4, -0.2) is 61.2 Å². The summed E-state index contributed by atoms with van der Waals surface area (Å²) in [4.78, 5) is 28.0. The van der Waals surface area contributed by atoms with E-state index in [0.29, 0.717) is 45.8 Å². The third-order valence-electron chi connectivity index (χ3n) is 4.32. The highest BCUT2D eigenvalue weighted by molar-refractivity contribution is 5.80. The largest absolute Gasteiger partial charge is 0.445 e. The van der Waals surface area contributed by atoms with E-state index in [0.717, 1.165) is 5.56 Å². The summed E-state index contributed by atoms with van der Waals surface area (Å²) in [6, 6.07) is 9.59. The first-order chi connectivity index (χ1) is 11.2. The monoisotopic (exact) mass is 318 g/mol. The van der Waals surface area contributed by atoms with Crippen molar-refractivity contribution in [2.75, 3.05) is 39.4 Å². The van der Waals surface area contributed by atoms with E-state index in [1.807, 2.05) is 35.2 Å². The van der Waals surface area contributed by atoms with Crippen LogP contribution >= 0.6 is 0 Å². The third kappa shape index (κ3) is 4.01. The number of carbonyl (C=O) groups is 2. The number of amides is 2. The molecule has 6 heteroatoms. The molecule has 0 radical (unpaired) electrons. The van der Waals surface area contributed by atoms with Gasteiger partial charge < -0.3 is 19.3 Å². The maximum absolute atomic E-state index is 12.4. The Morgan fingerprint density at radius 1 is 1.09 bits per heavy atom. The van der Waals surface area contributed by atoms with Crippen LogP contribution in [0.15, 0.2) is 30.3 Å². The molecule has 0 aliphatic carbocycles. The van der Waals surface area contributed by atoms with Gasteiger partial charge in [-0.15, -0.1) is 0 Å². The first-order valence-corrected chi connectivity index (χ1v) is 8.06. The number of likely N-dealkylation sites (tertiary alicyclic amines) is 1. The maximum Gasteiger partial charge on any atom is 0.410 e. The number of hydrogen-bond acceptors (Lipinski definition) is 4. The molecule has 2 saturated heterocycles. The fourth-order valence-corrected chi connectivity index (χ4v) is 2.98. The molecule has 2 heterocycles. The Bertz CT molecular complexity index is 543. The van der Waals surface area contributed by atoms with Gasteiger partial charge in [-0.05, 0) is 12.0 Å². The molecule has 0 saturated carbocycles. The molecule has 1 aromatic carbocycles. The van der Waals surface area contributed by atoms with Crippen LogP contribution < -0.4 is 0 Å². The summed E-state index contributed by atoms with van der Waals surface area (Å²) < 4.78 is 10.6. The Kier molecular flexibility index (Phi) is 5.12. The second-order valence-electron chi connectivity index (χ2n) is 5.91. The van der Waals surface area contributed by atoms with Gasteiger partial charge >= 0.3 is 6.09 Å². The van der Waals surface area contributed by atoms with E-state index in [1.54, 1.807) is 4.90 Å². The predicted octanol–water partition coefficient (Wildman–Crippen LogP) is 1.50. The Labute approximate surface area is 136 Å². The average Bonchev–Trinajstić information content (AvgIpc) is 3.11. The molecule has 23 heavy (non-hydrogen) atoms. The molecule has 1 unspecified atom stereocenters. The van der Waals surface area contributed by atoms with Crippen LogP contribution in [0.1, 0.15) is 12.0 Å². The van der Waals surface area contributed by atoms with Crippen molar-refractivity contribution in [1.29, 1.82) is 0 Å². The lowest BCUT2D eigenvalue weighted by Crippen LogP contribution is -2.44. The number of morpholine rings is 1. The van der Waals surface area contributed by atoms with Crippen molar-refractivity contribution in [2.45, 2.75) is 13.0 Å². The van der Waals surface area contributed by atoms with Gasteiger partial charge in [-0.3, -0.25) is 4.79 Å². The zero-order valence-corrected chi connectivity index (χ0v) is 13.1. The lowest BCUT2D eigenvalue weighted by molar-refractivity contribution is -0.139. The normalized spacial score (nSPS) is 21.3. The average molecular weight is 318 g/mol. The van der Waals surface area contributed by atoms with Crippen molar-refractivity contribution in [3.8, 4) is 0 Å². The Hall–Kier alpha value is -2.08. The number of nitrogens with zero attached hydrogens (tertiary/aromatic N) is 2. The number of rotatable bonds is 3. The molecule has 3 rings (SSSR count). The van der Waals surface area contributed by atoms with Crippen molar-refractivity contribution in [3.63, 3.8) is 0 Å². The van der Waals surface area contributed by atoms with E-state index in [2.05, 4.69) is 0 Å². The van der Waals surface area contributed by atoms with Gasteiger partial charge in [-0.1, -0.05) is 30.3 Å². The molecule has 0 bridgehead atoms. The van der Waals surface area contributed by atoms with Crippen LogP contribution in [0.2, 0.25) is 0 Å². The third-order valence-corrected chi connectivity index (χ3v) is 4.32. The first kappa shape index (κ1) is 15.8. The number of hydrogen-bond donors (Lipinski definition) is 0. The molecular formula is C17H22N2O4. The number of ether oxygens (including phenoxy) is 2. The molecule has 1 aromatic rings. The van der Waals surface area contributed by atoms with Gasteiger partial charge in [-0.2, -0.15) is 0 Å². The summed E-state index contributed by atoms with van der Waals surface area (Å²) in [5, 5.41) is 0. The van der Waals surface area contributed by atoms with Gasteiger partial charge in [0, 0.05) is 26.2 Å². The minimum absolute atomic E-state index is 0.114. The van der Waals surface area contributed by atoms with Crippen molar-refractivity contribution in [3.05, 3.63) is 35.9 Å². The van der Waals surface area contributed by atoms with Crippen LogP contribution in [0, 0.1) is 5.92 Å². The minimum Gasteiger partial charge on any atom is -0.445 e. The summed E-state index contributed by atoms with van der Waals surface area (Å²) in [5.41, 5.74) is 0.959. The summed E-state index contributed by atoms with van der Waals surface area (Å²) >= 11 is 0. The highest BCUT2D eigenvalue weighted by Crippen LogP contribution is 2.20. The second kappa shape index (κ2) is 7.46. The Balaban J connectivity index is 1.46. The van der Waals surface area contributed by atoms with Crippen LogP contribution in [-0.2, 0) is 20.9 Å². The SMILES string of the molecule is O=C(OCc1ccccc1)N1CCC(C(=O)N2CCOCC2)C1. The Morgan fingerprint density at radius 2 is 1.83 bits per heavy atom. The molecule has 1 atom stereocenters. The molecule has 6 nitrogen and oxygen atoms in total. The zero-order chi connectivity index (χ0) is 16.1. The van der Waals surface area contributed by atoms with E-state index in [4.69, 9.17) is 9.47 Å².